The van der Waals surface area contributed by atoms with E-state index < -0.39 is 0 Å². The van der Waals surface area contributed by atoms with Crippen LogP contribution in [0.25, 0.3) is 0 Å². The molecule has 2 aliphatic heterocycles. The lowest BCUT2D eigenvalue weighted by Crippen LogP contribution is -2.43. The molecule has 2 aliphatic rings. The predicted molar refractivity (Wildman–Crippen MR) is 100 cm³/mol. The van der Waals surface area contributed by atoms with Crippen LogP contribution in [0.2, 0.25) is 0 Å². The fourth-order valence-electron chi connectivity index (χ4n) is 2.85. The molecule has 1 atom stereocenters. The molecule has 0 amide bonds. The zero-order valence-electron chi connectivity index (χ0n) is 12.6. The van der Waals surface area contributed by atoms with Crippen LogP contribution in [0.4, 0.5) is 0 Å². The first-order valence-electron chi connectivity index (χ1n) is 7.64. The highest BCUT2D eigenvalue weighted by Crippen LogP contribution is 2.16. The number of piperidine rings is 1. The molecule has 6 heteroatoms. The van der Waals surface area contributed by atoms with Crippen LogP contribution < -0.4 is 5.73 Å². The van der Waals surface area contributed by atoms with Gasteiger partial charge >= 0.3 is 0 Å². The van der Waals surface area contributed by atoms with E-state index in [1.807, 2.05) is 11.8 Å². The number of rotatable bonds is 4. The lowest BCUT2D eigenvalue weighted by atomic mass is 10.0. The maximum Gasteiger partial charge on any atom is 0.191 e. The standard InChI is InChI=1S/C14H28N4S.HI/c1-13-5-2-3-7-17(13)8-4-6-16-14(15)18-9-11-19-12-10-18;/h13H,2-12H2,1H3,(H2,15,16);1H. The molecule has 0 aromatic heterocycles. The SMILES string of the molecule is CC1CCCCN1CCCN=C(N)N1CCSCC1.I. The van der Waals surface area contributed by atoms with Crippen molar-refractivity contribution in [2.45, 2.75) is 38.6 Å². The summed E-state index contributed by atoms with van der Waals surface area (Å²) in [6, 6.07) is 0.759. The predicted octanol–water partition coefficient (Wildman–Crippen LogP) is 2.23. The first kappa shape index (κ1) is 18.4. The van der Waals surface area contributed by atoms with Gasteiger partial charge in [0, 0.05) is 43.7 Å². The largest absolute Gasteiger partial charge is 0.370 e. The fraction of sp³-hybridized carbons (Fsp3) is 0.929. The maximum absolute atomic E-state index is 6.05. The van der Waals surface area contributed by atoms with Gasteiger partial charge in [-0.15, -0.1) is 24.0 Å². The molecule has 0 spiro atoms. The van der Waals surface area contributed by atoms with Crippen LogP contribution >= 0.6 is 35.7 Å². The van der Waals surface area contributed by atoms with Gasteiger partial charge in [-0.2, -0.15) is 11.8 Å². The second-order valence-corrected chi connectivity index (χ2v) is 6.80. The molecule has 0 bridgehead atoms. The summed E-state index contributed by atoms with van der Waals surface area (Å²) in [5.41, 5.74) is 6.05. The van der Waals surface area contributed by atoms with Crippen LogP contribution in [0.5, 0.6) is 0 Å². The highest BCUT2D eigenvalue weighted by Gasteiger charge is 2.17. The average molecular weight is 412 g/mol. The van der Waals surface area contributed by atoms with Gasteiger partial charge in [-0.25, -0.2) is 0 Å². The van der Waals surface area contributed by atoms with Crippen molar-refractivity contribution in [1.82, 2.24) is 9.80 Å². The second-order valence-electron chi connectivity index (χ2n) is 5.57. The molecule has 20 heavy (non-hydrogen) atoms. The average Bonchev–Trinajstić information content (AvgIpc) is 2.46. The monoisotopic (exact) mass is 412 g/mol. The quantitative estimate of drug-likeness (QED) is 0.333. The van der Waals surface area contributed by atoms with Crippen molar-refractivity contribution in [3.63, 3.8) is 0 Å². The van der Waals surface area contributed by atoms with Gasteiger partial charge in [0.05, 0.1) is 0 Å². The van der Waals surface area contributed by atoms with E-state index in [0.717, 1.165) is 38.1 Å². The molecule has 2 rings (SSSR count). The van der Waals surface area contributed by atoms with Crippen molar-refractivity contribution in [1.29, 1.82) is 0 Å². The Morgan fingerprint density at radius 3 is 2.70 bits per heavy atom. The van der Waals surface area contributed by atoms with Gasteiger partial charge in [0.2, 0.25) is 0 Å². The minimum atomic E-state index is 0. The smallest absolute Gasteiger partial charge is 0.191 e. The van der Waals surface area contributed by atoms with E-state index in [2.05, 4.69) is 21.7 Å². The van der Waals surface area contributed by atoms with Crippen LogP contribution in [0, 0.1) is 0 Å². The summed E-state index contributed by atoms with van der Waals surface area (Å²) < 4.78 is 0. The van der Waals surface area contributed by atoms with E-state index in [4.69, 9.17) is 5.73 Å². The molecule has 1 unspecified atom stereocenters. The Morgan fingerprint density at radius 2 is 2.00 bits per heavy atom. The van der Waals surface area contributed by atoms with Gasteiger partial charge in [0.15, 0.2) is 5.96 Å². The Labute approximate surface area is 144 Å². The molecule has 0 aromatic rings. The number of nitrogens with zero attached hydrogens (tertiary/aromatic N) is 3. The van der Waals surface area contributed by atoms with Crippen LogP contribution in [0.3, 0.4) is 0 Å². The van der Waals surface area contributed by atoms with Crippen LogP contribution in [-0.2, 0) is 0 Å². The summed E-state index contributed by atoms with van der Waals surface area (Å²) in [5.74, 6) is 3.12. The van der Waals surface area contributed by atoms with Crippen molar-refractivity contribution >= 4 is 41.7 Å². The Balaban J connectivity index is 0.00000200. The van der Waals surface area contributed by atoms with E-state index >= 15 is 0 Å². The Bertz CT molecular complexity index is 295. The molecule has 2 heterocycles. The Hall–Kier alpha value is 0.310. The molecule has 0 saturated carbocycles. The third kappa shape index (κ3) is 5.97. The number of hydrogen-bond acceptors (Lipinski definition) is 3. The Kier molecular flexibility index (Phi) is 9.28. The third-order valence-corrected chi connectivity index (χ3v) is 5.10. The molecular weight excluding hydrogens is 383 g/mol. The van der Waals surface area contributed by atoms with Gasteiger partial charge in [0.1, 0.15) is 0 Å². The molecular formula is C14H29IN4S. The van der Waals surface area contributed by atoms with Crippen molar-refractivity contribution in [3.8, 4) is 0 Å². The minimum absolute atomic E-state index is 0. The van der Waals surface area contributed by atoms with Gasteiger partial charge in [0.25, 0.3) is 0 Å². The van der Waals surface area contributed by atoms with E-state index in [1.165, 1.54) is 43.9 Å². The lowest BCUT2D eigenvalue weighted by Gasteiger charge is -2.33. The topological polar surface area (TPSA) is 44.9 Å². The number of aliphatic imine (C=N–C) groups is 1. The zero-order chi connectivity index (χ0) is 13.5. The molecule has 4 nitrogen and oxygen atoms in total. The van der Waals surface area contributed by atoms with Crippen LogP contribution in [0.1, 0.15) is 32.6 Å². The van der Waals surface area contributed by atoms with Gasteiger partial charge < -0.3 is 15.5 Å². The molecule has 2 fully saturated rings. The molecule has 2 N–H and O–H groups in total. The van der Waals surface area contributed by atoms with E-state index in [0.29, 0.717) is 0 Å². The molecule has 118 valence electrons. The summed E-state index contributed by atoms with van der Waals surface area (Å²) in [5, 5.41) is 0. The molecule has 0 aromatic carbocycles. The number of hydrogen-bond donors (Lipinski definition) is 1. The van der Waals surface area contributed by atoms with Gasteiger partial charge in [-0.05, 0) is 32.7 Å². The number of guanidine groups is 1. The summed E-state index contributed by atoms with van der Waals surface area (Å²) in [6.45, 7) is 7.78. The van der Waals surface area contributed by atoms with E-state index in [1.54, 1.807) is 0 Å². The fourth-order valence-corrected chi connectivity index (χ4v) is 3.75. The summed E-state index contributed by atoms with van der Waals surface area (Å²) >= 11 is 2.00. The van der Waals surface area contributed by atoms with Gasteiger partial charge in [-0.1, -0.05) is 6.42 Å². The van der Waals surface area contributed by atoms with Gasteiger partial charge in [-0.3, -0.25) is 4.99 Å². The first-order valence-corrected chi connectivity index (χ1v) is 8.79. The number of nitrogens with two attached hydrogens (primary N) is 1. The summed E-state index contributed by atoms with van der Waals surface area (Å²) in [6.07, 6.45) is 5.25. The molecule has 0 aliphatic carbocycles. The highest BCUT2D eigenvalue weighted by molar-refractivity contribution is 14.0. The van der Waals surface area contributed by atoms with Crippen molar-refractivity contribution < 1.29 is 0 Å². The van der Waals surface area contributed by atoms with E-state index in [-0.39, 0.29) is 24.0 Å². The molecule has 2 saturated heterocycles. The zero-order valence-corrected chi connectivity index (χ0v) is 15.7. The number of likely N-dealkylation sites (tertiary alicyclic amines) is 1. The highest BCUT2D eigenvalue weighted by atomic mass is 127. The maximum atomic E-state index is 6.05. The van der Waals surface area contributed by atoms with Crippen molar-refractivity contribution in [2.24, 2.45) is 10.7 Å². The summed E-state index contributed by atoms with van der Waals surface area (Å²) in [4.78, 5) is 9.37. The number of thioether (sulfide) groups is 1. The third-order valence-electron chi connectivity index (χ3n) is 4.15. The Morgan fingerprint density at radius 1 is 1.25 bits per heavy atom. The van der Waals surface area contributed by atoms with Crippen molar-refractivity contribution in [2.75, 3.05) is 44.2 Å². The van der Waals surface area contributed by atoms with Crippen molar-refractivity contribution in [3.05, 3.63) is 0 Å². The number of halogens is 1. The van der Waals surface area contributed by atoms with E-state index in [9.17, 15) is 0 Å². The normalized spacial score (nSPS) is 25.4. The van der Waals surface area contributed by atoms with Crippen LogP contribution in [0.15, 0.2) is 4.99 Å². The minimum Gasteiger partial charge on any atom is -0.370 e. The first-order chi connectivity index (χ1) is 9.27. The van der Waals surface area contributed by atoms with Crippen LogP contribution in [-0.4, -0.2) is 66.0 Å². The lowest BCUT2D eigenvalue weighted by molar-refractivity contribution is 0.160. The second kappa shape index (κ2) is 10.1. The summed E-state index contributed by atoms with van der Waals surface area (Å²) in [7, 11) is 0. The molecule has 0 radical (unpaired) electrons.